The predicted molar refractivity (Wildman–Crippen MR) is 71.2 cm³/mol. The lowest BCUT2D eigenvalue weighted by atomic mass is 9.86. The first-order chi connectivity index (χ1) is 10.7. The molecular formula is C10H17N7O6. The van der Waals surface area contributed by atoms with Crippen molar-refractivity contribution < 1.29 is 30.2 Å². The average molecular weight is 331 g/mol. The van der Waals surface area contributed by atoms with Gasteiger partial charge in [-0.3, -0.25) is 15.8 Å². The molecule has 0 bridgehead atoms. The SMILES string of the molecule is N=C1N(O)C(COC(=O)NO)C2N=C(N)NC23N1CCC3(O)O. The number of nitrogens with one attached hydrogen (secondary N) is 3. The van der Waals surface area contributed by atoms with E-state index in [4.69, 9.17) is 16.4 Å². The molecule has 3 rings (SSSR count). The van der Waals surface area contributed by atoms with Crippen molar-refractivity contribution in [3.63, 3.8) is 0 Å². The van der Waals surface area contributed by atoms with Crippen LogP contribution in [0.4, 0.5) is 4.79 Å². The van der Waals surface area contributed by atoms with Gasteiger partial charge in [-0.1, -0.05) is 0 Å². The number of guanidine groups is 2. The maximum atomic E-state index is 11.0. The molecule has 0 aromatic carbocycles. The molecule has 2 saturated heterocycles. The molecule has 3 aliphatic heterocycles. The van der Waals surface area contributed by atoms with Gasteiger partial charge in [-0.15, -0.1) is 0 Å². The standard InChI is InChI=1S/C10H17N7O6/c11-6-13-5-4(3-23-8(18)15-21)17(22)7(12)16-2-1-9(19,20)10(5,16)14-6/h4-5,12,19-22H,1-3H2,(H,15,18)(H3,11,13,14). The Morgan fingerprint density at radius 2 is 2.30 bits per heavy atom. The second-order valence-corrected chi connectivity index (χ2v) is 5.51. The molecule has 0 saturated carbocycles. The van der Waals surface area contributed by atoms with Gasteiger partial charge in [-0.25, -0.2) is 20.3 Å². The van der Waals surface area contributed by atoms with Gasteiger partial charge in [0.05, 0.1) is 0 Å². The third kappa shape index (κ3) is 1.91. The van der Waals surface area contributed by atoms with Crippen LogP contribution in [0.2, 0.25) is 0 Å². The van der Waals surface area contributed by atoms with Crippen molar-refractivity contribution in [2.75, 3.05) is 13.2 Å². The molecule has 0 aromatic rings. The summed E-state index contributed by atoms with van der Waals surface area (Å²) in [5.74, 6) is -2.82. The van der Waals surface area contributed by atoms with Crippen LogP contribution >= 0.6 is 0 Å². The molecule has 3 aliphatic rings. The molecule has 3 atom stereocenters. The first-order valence-electron chi connectivity index (χ1n) is 6.72. The van der Waals surface area contributed by atoms with Gasteiger partial charge in [0, 0.05) is 13.0 Å². The monoisotopic (exact) mass is 331 g/mol. The van der Waals surface area contributed by atoms with Crippen LogP contribution in [0.25, 0.3) is 0 Å². The summed E-state index contributed by atoms with van der Waals surface area (Å²) in [4.78, 5) is 16.3. The molecule has 0 radical (unpaired) electrons. The van der Waals surface area contributed by atoms with E-state index >= 15 is 0 Å². The number of rotatable bonds is 2. The van der Waals surface area contributed by atoms with Crippen LogP contribution in [-0.4, -0.2) is 85.3 Å². The number of aliphatic imine (C=N–C) groups is 1. The van der Waals surface area contributed by atoms with Crippen LogP contribution in [-0.2, 0) is 4.74 Å². The summed E-state index contributed by atoms with van der Waals surface area (Å²) in [6.07, 6.45) is -1.28. The number of carbonyl (C=O) groups excluding carboxylic acids is 1. The summed E-state index contributed by atoms with van der Waals surface area (Å²) in [6.45, 7) is -0.417. The molecular weight excluding hydrogens is 314 g/mol. The van der Waals surface area contributed by atoms with E-state index in [-0.39, 0.29) is 18.9 Å². The molecule has 23 heavy (non-hydrogen) atoms. The van der Waals surface area contributed by atoms with Crippen molar-refractivity contribution in [2.24, 2.45) is 10.7 Å². The number of hydrogen-bond acceptors (Lipinski definition) is 10. The molecule has 13 nitrogen and oxygen atoms in total. The third-order valence-corrected chi connectivity index (χ3v) is 4.37. The van der Waals surface area contributed by atoms with Crippen LogP contribution in [0.15, 0.2) is 4.99 Å². The van der Waals surface area contributed by atoms with E-state index in [2.05, 4.69) is 15.0 Å². The first kappa shape index (κ1) is 15.5. The smallest absolute Gasteiger partial charge is 0.431 e. The number of ether oxygens (including phenoxy) is 1. The number of nitrogens with two attached hydrogens (primary N) is 1. The fourth-order valence-corrected chi connectivity index (χ4v) is 3.37. The topological polar surface area (TPSA) is 200 Å². The van der Waals surface area contributed by atoms with Gasteiger partial charge < -0.3 is 30.9 Å². The Labute approximate surface area is 129 Å². The molecule has 3 unspecified atom stereocenters. The van der Waals surface area contributed by atoms with Crippen molar-refractivity contribution >= 4 is 18.0 Å². The van der Waals surface area contributed by atoms with Gasteiger partial charge >= 0.3 is 6.09 Å². The van der Waals surface area contributed by atoms with E-state index in [1.807, 2.05) is 0 Å². The lowest BCUT2D eigenvalue weighted by Crippen LogP contribution is -2.80. The van der Waals surface area contributed by atoms with Crippen molar-refractivity contribution in [2.45, 2.75) is 30.0 Å². The van der Waals surface area contributed by atoms with Crippen LogP contribution in [0.3, 0.4) is 0 Å². The Morgan fingerprint density at radius 3 is 2.96 bits per heavy atom. The van der Waals surface area contributed by atoms with Gasteiger partial charge in [-0.2, -0.15) is 0 Å². The van der Waals surface area contributed by atoms with Crippen molar-refractivity contribution in [1.82, 2.24) is 20.8 Å². The molecule has 0 aromatic heterocycles. The minimum absolute atomic E-state index is 0.0693. The Morgan fingerprint density at radius 1 is 1.61 bits per heavy atom. The van der Waals surface area contributed by atoms with Gasteiger partial charge in [0.2, 0.25) is 11.7 Å². The highest BCUT2D eigenvalue weighted by Gasteiger charge is 2.71. The second-order valence-electron chi connectivity index (χ2n) is 5.51. The number of hydroxylamine groups is 3. The fourth-order valence-electron chi connectivity index (χ4n) is 3.37. The lowest BCUT2D eigenvalue weighted by Gasteiger charge is -2.52. The number of hydrogen-bond donors (Lipinski definition) is 8. The second kappa shape index (κ2) is 4.82. The number of carbonyl (C=O) groups is 1. The van der Waals surface area contributed by atoms with E-state index in [0.717, 1.165) is 0 Å². The minimum atomic E-state index is -2.28. The molecule has 3 heterocycles. The van der Waals surface area contributed by atoms with Crippen molar-refractivity contribution in [3.05, 3.63) is 0 Å². The van der Waals surface area contributed by atoms with E-state index in [1.165, 1.54) is 10.4 Å². The summed E-state index contributed by atoms with van der Waals surface area (Å²) in [6, 6.07) is -2.17. The molecule has 128 valence electrons. The molecule has 0 aliphatic carbocycles. The van der Waals surface area contributed by atoms with Crippen molar-refractivity contribution in [3.8, 4) is 0 Å². The predicted octanol–water partition coefficient (Wildman–Crippen LogP) is -3.52. The Kier molecular flexibility index (Phi) is 3.26. The van der Waals surface area contributed by atoms with E-state index < -0.39 is 42.2 Å². The fraction of sp³-hybridized carbons (Fsp3) is 0.700. The summed E-state index contributed by atoms with van der Waals surface area (Å²) < 4.78 is 4.69. The zero-order valence-electron chi connectivity index (χ0n) is 11.8. The molecule has 1 amide bonds. The lowest BCUT2D eigenvalue weighted by molar-refractivity contribution is -0.241. The van der Waals surface area contributed by atoms with Gasteiger partial charge in [0.1, 0.15) is 18.7 Å². The summed E-state index contributed by atoms with van der Waals surface area (Å²) >= 11 is 0. The quantitative estimate of drug-likeness (QED) is 0.142. The molecule has 1 spiro atoms. The maximum Gasteiger partial charge on any atom is 0.431 e. The van der Waals surface area contributed by atoms with Gasteiger partial charge in [-0.05, 0) is 0 Å². The Bertz CT molecular complexity index is 582. The number of aliphatic hydroxyl groups is 2. The summed E-state index contributed by atoms with van der Waals surface area (Å²) in [5, 5.41) is 50.6. The maximum absolute atomic E-state index is 11.0. The zero-order valence-corrected chi connectivity index (χ0v) is 11.8. The normalized spacial score (nSPS) is 34.4. The molecule has 2 fully saturated rings. The zero-order chi connectivity index (χ0) is 17.0. The van der Waals surface area contributed by atoms with Crippen LogP contribution < -0.4 is 16.5 Å². The van der Waals surface area contributed by atoms with Crippen molar-refractivity contribution in [1.29, 1.82) is 5.41 Å². The highest BCUT2D eigenvalue weighted by Crippen LogP contribution is 2.45. The molecule has 9 N–H and O–H groups in total. The van der Waals surface area contributed by atoms with Crippen LogP contribution in [0, 0.1) is 5.41 Å². The molecule has 13 heteroatoms. The van der Waals surface area contributed by atoms with E-state index in [1.54, 1.807) is 0 Å². The van der Waals surface area contributed by atoms with E-state index in [9.17, 15) is 20.2 Å². The summed E-state index contributed by atoms with van der Waals surface area (Å²) in [5.41, 5.74) is 5.26. The average Bonchev–Trinajstić information content (AvgIpc) is 2.97. The first-order valence-corrected chi connectivity index (χ1v) is 6.72. The van der Waals surface area contributed by atoms with Crippen LogP contribution in [0.1, 0.15) is 6.42 Å². The number of nitrogens with zero attached hydrogens (tertiary/aromatic N) is 3. The van der Waals surface area contributed by atoms with Gasteiger partial charge in [0.25, 0.3) is 0 Å². The largest absolute Gasteiger partial charge is 0.446 e. The number of amides is 1. The highest BCUT2D eigenvalue weighted by atomic mass is 16.6. The summed E-state index contributed by atoms with van der Waals surface area (Å²) in [7, 11) is 0. The van der Waals surface area contributed by atoms with Crippen LogP contribution in [0.5, 0.6) is 0 Å². The third-order valence-electron chi connectivity index (χ3n) is 4.37. The Balaban J connectivity index is 1.98. The van der Waals surface area contributed by atoms with Gasteiger partial charge in [0.15, 0.2) is 11.6 Å². The minimum Gasteiger partial charge on any atom is -0.446 e. The Hall–Kier alpha value is -2.35. The van der Waals surface area contributed by atoms with E-state index in [0.29, 0.717) is 5.06 Å². The highest BCUT2D eigenvalue weighted by molar-refractivity contribution is 5.86.